The van der Waals surface area contributed by atoms with E-state index in [-0.39, 0.29) is 5.56 Å². The molecule has 0 radical (unpaired) electrons. The molecule has 0 aliphatic heterocycles. The van der Waals surface area contributed by atoms with Crippen LogP contribution < -0.4 is 10.9 Å². The number of hydrogen-bond donors (Lipinski definition) is 2. The second kappa shape index (κ2) is 5.06. The molecular weight excluding hydrogens is 298 g/mol. The van der Waals surface area contributed by atoms with E-state index in [4.69, 9.17) is 0 Å². The molecule has 3 aromatic heterocycles. The maximum atomic E-state index is 12.1. The van der Waals surface area contributed by atoms with Gasteiger partial charge in [0.05, 0.1) is 6.54 Å². The molecule has 0 bridgehead atoms. The summed E-state index contributed by atoms with van der Waals surface area (Å²) < 4.78 is 1.24. The summed E-state index contributed by atoms with van der Waals surface area (Å²) in [6, 6.07) is 3.75. The Morgan fingerprint density at radius 1 is 1.40 bits per heavy atom. The number of thiophene rings is 1. The lowest BCUT2D eigenvalue weighted by Crippen LogP contribution is -2.30. The van der Waals surface area contributed by atoms with E-state index < -0.39 is 17.3 Å². The number of aromatic hydroxyl groups is 1. The number of thiazole rings is 1. The van der Waals surface area contributed by atoms with Crippen LogP contribution in [-0.2, 0) is 6.54 Å². The van der Waals surface area contributed by atoms with E-state index in [1.54, 1.807) is 5.38 Å². The maximum absolute atomic E-state index is 12.1. The van der Waals surface area contributed by atoms with Crippen LogP contribution in [0.2, 0.25) is 0 Å². The van der Waals surface area contributed by atoms with Crippen LogP contribution in [0.15, 0.2) is 33.9 Å². The Morgan fingerprint density at radius 3 is 3.00 bits per heavy atom. The molecule has 3 aromatic rings. The molecule has 0 aromatic carbocycles. The SMILES string of the molecule is O=C(NCc1cccs1)c1c(O)nc2sccn2c1=O. The highest BCUT2D eigenvalue weighted by atomic mass is 32.1. The van der Waals surface area contributed by atoms with Crippen LogP contribution in [0.1, 0.15) is 15.2 Å². The third kappa shape index (κ3) is 2.19. The Labute approximate surface area is 121 Å². The highest BCUT2D eigenvalue weighted by Gasteiger charge is 2.19. The van der Waals surface area contributed by atoms with E-state index >= 15 is 0 Å². The minimum atomic E-state index is -0.631. The van der Waals surface area contributed by atoms with Gasteiger partial charge in [-0.25, -0.2) is 0 Å². The Hall–Kier alpha value is -2.19. The molecule has 0 aliphatic carbocycles. The van der Waals surface area contributed by atoms with Gasteiger partial charge in [0.15, 0.2) is 10.5 Å². The van der Waals surface area contributed by atoms with Crippen LogP contribution in [0.25, 0.3) is 4.96 Å². The van der Waals surface area contributed by atoms with E-state index in [1.165, 1.54) is 33.3 Å². The fourth-order valence-corrected chi connectivity index (χ4v) is 3.08. The van der Waals surface area contributed by atoms with E-state index in [9.17, 15) is 14.7 Å². The van der Waals surface area contributed by atoms with E-state index in [0.717, 1.165) is 4.88 Å². The number of aromatic nitrogens is 2. The fraction of sp³-hybridized carbons (Fsp3) is 0.0833. The molecule has 6 nitrogen and oxygen atoms in total. The summed E-state index contributed by atoms with van der Waals surface area (Å²) in [4.78, 5) is 29.3. The van der Waals surface area contributed by atoms with Crippen LogP contribution in [0.4, 0.5) is 0 Å². The average Bonchev–Trinajstić information content (AvgIpc) is 3.06. The van der Waals surface area contributed by atoms with Crippen LogP contribution in [0.3, 0.4) is 0 Å². The zero-order valence-electron chi connectivity index (χ0n) is 10.1. The van der Waals surface area contributed by atoms with Gasteiger partial charge in [-0.2, -0.15) is 4.98 Å². The second-order valence-corrected chi connectivity index (χ2v) is 5.84. The summed E-state index contributed by atoms with van der Waals surface area (Å²) in [5.41, 5.74) is -0.908. The molecule has 3 heterocycles. The van der Waals surface area contributed by atoms with Gasteiger partial charge in [0.25, 0.3) is 11.5 Å². The van der Waals surface area contributed by atoms with Crippen molar-refractivity contribution in [2.45, 2.75) is 6.54 Å². The monoisotopic (exact) mass is 307 g/mol. The van der Waals surface area contributed by atoms with Crippen molar-refractivity contribution in [3.63, 3.8) is 0 Å². The molecule has 0 saturated heterocycles. The topological polar surface area (TPSA) is 83.7 Å². The smallest absolute Gasteiger partial charge is 0.275 e. The normalized spacial score (nSPS) is 10.8. The first-order chi connectivity index (χ1) is 9.66. The molecule has 0 aliphatic rings. The quantitative estimate of drug-likeness (QED) is 0.767. The summed E-state index contributed by atoms with van der Waals surface area (Å²) in [5.74, 6) is -1.17. The van der Waals surface area contributed by atoms with Crippen molar-refractivity contribution in [3.8, 4) is 5.88 Å². The first-order valence-electron chi connectivity index (χ1n) is 5.66. The largest absolute Gasteiger partial charge is 0.492 e. The first-order valence-corrected chi connectivity index (χ1v) is 7.42. The molecule has 3 rings (SSSR count). The van der Waals surface area contributed by atoms with Gasteiger partial charge >= 0.3 is 0 Å². The highest BCUT2D eigenvalue weighted by molar-refractivity contribution is 7.15. The Bertz CT molecular complexity index is 820. The summed E-state index contributed by atoms with van der Waals surface area (Å²) in [7, 11) is 0. The van der Waals surface area contributed by atoms with Crippen LogP contribution in [-0.4, -0.2) is 20.4 Å². The summed E-state index contributed by atoms with van der Waals surface area (Å²) >= 11 is 2.71. The van der Waals surface area contributed by atoms with Gasteiger partial charge in [0.2, 0.25) is 5.88 Å². The predicted molar refractivity (Wildman–Crippen MR) is 76.5 cm³/mol. The molecule has 2 N–H and O–H groups in total. The minimum Gasteiger partial charge on any atom is -0.492 e. The van der Waals surface area contributed by atoms with Crippen molar-refractivity contribution < 1.29 is 9.90 Å². The number of hydrogen-bond acceptors (Lipinski definition) is 6. The molecule has 0 unspecified atom stereocenters. The Balaban J connectivity index is 1.92. The summed E-state index contributed by atoms with van der Waals surface area (Å²) in [6.45, 7) is 0.307. The number of rotatable bonds is 3. The van der Waals surface area contributed by atoms with E-state index in [2.05, 4.69) is 10.3 Å². The van der Waals surface area contributed by atoms with E-state index in [0.29, 0.717) is 11.5 Å². The summed E-state index contributed by atoms with van der Waals surface area (Å²) in [6.07, 6.45) is 1.52. The third-order valence-electron chi connectivity index (χ3n) is 2.68. The van der Waals surface area contributed by atoms with E-state index in [1.807, 2.05) is 17.5 Å². The molecule has 102 valence electrons. The standard InChI is InChI=1S/C12H9N3O3S2/c16-9(13-6-7-2-1-4-19-7)8-10(17)14-12-15(11(8)18)3-5-20-12/h1-5,17H,6H2,(H,13,16). The number of carbonyl (C=O) groups is 1. The van der Waals surface area contributed by atoms with Crippen molar-refractivity contribution in [3.05, 3.63) is 49.9 Å². The van der Waals surface area contributed by atoms with Gasteiger partial charge in [-0.15, -0.1) is 22.7 Å². The predicted octanol–water partition coefficient (Wildman–Crippen LogP) is 1.45. The molecule has 0 saturated carbocycles. The van der Waals surface area contributed by atoms with Crippen molar-refractivity contribution in [1.29, 1.82) is 0 Å². The Morgan fingerprint density at radius 2 is 2.25 bits per heavy atom. The van der Waals surface area contributed by atoms with Crippen molar-refractivity contribution in [1.82, 2.24) is 14.7 Å². The summed E-state index contributed by atoms with van der Waals surface area (Å²) in [5, 5.41) is 15.9. The lowest BCUT2D eigenvalue weighted by atomic mass is 10.3. The number of carbonyl (C=O) groups excluding carboxylic acids is 1. The first kappa shape index (κ1) is 12.8. The maximum Gasteiger partial charge on any atom is 0.275 e. The van der Waals surface area contributed by atoms with Gasteiger partial charge in [-0.3, -0.25) is 14.0 Å². The molecule has 0 spiro atoms. The Kier molecular flexibility index (Phi) is 3.25. The van der Waals surface area contributed by atoms with Gasteiger partial charge in [0, 0.05) is 16.5 Å². The fourth-order valence-electron chi connectivity index (χ4n) is 1.74. The van der Waals surface area contributed by atoms with Gasteiger partial charge in [-0.1, -0.05) is 6.07 Å². The molecule has 0 atom stereocenters. The van der Waals surface area contributed by atoms with Crippen LogP contribution in [0.5, 0.6) is 5.88 Å². The van der Waals surface area contributed by atoms with Crippen LogP contribution in [0, 0.1) is 0 Å². The average molecular weight is 307 g/mol. The third-order valence-corrected chi connectivity index (χ3v) is 4.31. The number of fused-ring (bicyclic) bond motifs is 1. The molecule has 1 amide bonds. The number of nitrogens with zero attached hydrogens (tertiary/aromatic N) is 2. The zero-order chi connectivity index (χ0) is 14.1. The molecule has 0 fully saturated rings. The molecule has 8 heteroatoms. The van der Waals surface area contributed by atoms with Gasteiger partial charge in [0.1, 0.15) is 0 Å². The number of amides is 1. The van der Waals surface area contributed by atoms with Crippen LogP contribution >= 0.6 is 22.7 Å². The minimum absolute atomic E-state index is 0.307. The second-order valence-electron chi connectivity index (χ2n) is 3.93. The van der Waals surface area contributed by atoms with Crippen molar-refractivity contribution in [2.75, 3.05) is 0 Å². The molecule has 20 heavy (non-hydrogen) atoms. The van der Waals surface area contributed by atoms with Gasteiger partial charge < -0.3 is 10.4 Å². The lowest BCUT2D eigenvalue weighted by Gasteiger charge is -2.05. The zero-order valence-corrected chi connectivity index (χ0v) is 11.7. The molecular formula is C12H9N3O3S2. The highest BCUT2D eigenvalue weighted by Crippen LogP contribution is 2.15. The lowest BCUT2D eigenvalue weighted by molar-refractivity contribution is 0.0946. The van der Waals surface area contributed by atoms with Crippen molar-refractivity contribution in [2.24, 2.45) is 0 Å². The van der Waals surface area contributed by atoms with Crippen molar-refractivity contribution >= 4 is 33.5 Å². The van der Waals surface area contributed by atoms with Gasteiger partial charge in [-0.05, 0) is 11.4 Å². The number of nitrogens with one attached hydrogen (secondary N) is 1.